The Kier molecular flexibility index (Phi) is 28.2. The Bertz CT molecular complexity index is 2190. The van der Waals surface area contributed by atoms with Gasteiger partial charge in [-0.3, -0.25) is 9.59 Å². The smallest absolute Gasteiger partial charge is 0.308 e. The zero-order chi connectivity index (χ0) is 61.2. The quantitative estimate of drug-likeness (QED) is 0.125. The van der Waals surface area contributed by atoms with Crippen LogP contribution in [0.3, 0.4) is 0 Å². The molecule has 0 radical (unpaired) electrons. The molecule has 5 aliphatic heterocycles. The zero-order valence-electron chi connectivity index (χ0n) is 48.3. The van der Waals surface area contributed by atoms with E-state index in [4.69, 9.17) is 23.7 Å². The van der Waals surface area contributed by atoms with E-state index in [1.807, 2.05) is 19.9 Å². The molecule has 5 heterocycles. The summed E-state index contributed by atoms with van der Waals surface area (Å²) in [7, 11) is 0. The molecule has 5 rings (SSSR count). The number of hydrogen-bond acceptors (Lipinski definition) is 23. The summed E-state index contributed by atoms with van der Waals surface area (Å²) in [6, 6.07) is -1.34. The first-order chi connectivity index (χ1) is 39.3. The van der Waals surface area contributed by atoms with E-state index in [0.717, 1.165) is 6.54 Å². The maximum absolute atomic E-state index is 14.6. The average molecular weight is 1180 g/mol. The minimum atomic E-state index is -2.46. The predicted octanol–water partition coefficient (Wildman–Crippen LogP) is -1.78. The van der Waals surface area contributed by atoms with E-state index < -0.39 is 184 Å². The van der Waals surface area contributed by atoms with E-state index in [0.29, 0.717) is 26.2 Å². The summed E-state index contributed by atoms with van der Waals surface area (Å²) in [5.41, 5.74) is 0. The lowest BCUT2D eigenvalue weighted by molar-refractivity contribution is -0.323. The van der Waals surface area contributed by atoms with Crippen LogP contribution in [0.25, 0.3) is 0 Å². The van der Waals surface area contributed by atoms with Crippen LogP contribution >= 0.6 is 0 Å². The van der Waals surface area contributed by atoms with Crippen molar-refractivity contribution >= 4 is 11.9 Å². The normalized spacial score (nSPS) is 45.2. The Morgan fingerprint density at radius 1 is 0.651 bits per heavy atom. The summed E-state index contributed by atoms with van der Waals surface area (Å²) < 4.78 is 29.6. The topological polar surface area (TPSA) is 382 Å². The third-order valence-electron chi connectivity index (χ3n) is 16.4. The number of piperazine rings is 1. The van der Waals surface area contributed by atoms with Crippen molar-refractivity contribution in [2.45, 2.75) is 208 Å². The molecule has 23 atom stereocenters. The number of rotatable bonds is 7. The van der Waals surface area contributed by atoms with Crippen molar-refractivity contribution < 1.29 is 105 Å². The Hall–Kier alpha value is -3.68. The summed E-state index contributed by atoms with van der Waals surface area (Å²) in [6.07, 6.45) is -2.61. The van der Waals surface area contributed by atoms with E-state index in [1.165, 1.54) is 6.92 Å². The largest absolute Gasteiger partial charge is 0.462 e. The van der Waals surface area contributed by atoms with Crippen molar-refractivity contribution in [3.63, 3.8) is 0 Å². The maximum atomic E-state index is 14.6. The molecule has 5 aliphatic rings. The van der Waals surface area contributed by atoms with Gasteiger partial charge in [0, 0.05) is 63.7 Å². The van der Waals surface area contributed by atoms with E-state index in [1.54, 1.807) is 97.7 Å². The van der Waals surface area contributed by atoms with Crippen LogP contribution in [0, 0.1) is 17.8 Å². The summed E-state index contributed by atoms with van der Waals surface area (Å²) in [4.78, 5) is 31.1. The van der Waals surface area contributed by atoms with Crippen LogP contribution in [0.15, 0.2) is 85.1 Å². The molecule has 0 aromatic carbocycles. The molecule has 24 heteroatoms. The first-order valence-corrected chi connectivity index (χ1v) is 29.1. The van der Waals surface area contributed by atoms with Gasteiger partial charge in [0.1, 0.15) is 30.5 Å². The first kappa shape index (κ1) is 70.1. The van der Waals surface area contributed by atoms with Crippen LogP contribution in [-0.4, -0.2) is 261 Å². The van der Waals surface area contributed by atoms with Crippen LogP contribution < -0.4 is 5.32 Å². The van der Waals surface area contributed by atoms with Crippen LogP contribution in [0.2, 0.25) is 0 Å². The van der Waals surface area contributed by atoms with Gasteiger partial charge in [-0.2, -0.15) is 0 Å². The molecule has 4 saturated heterocycles. The highest BCUT2D eigenvalue weighted by molar-refractivity contribution is 5.80. The Morgan fingerprint density at radius 3 is 1.87 bits per heavy atom. The minimum absolute atomic E-state index is 0.124. The fraction of sp³-hybridized carbons (Fsp3) is 0.729. The lowest BCUT2D eigenvalue weighted by Crippen LogP contribution is -2.69. The first-order valence-electron chi connectivity index (χ1n) is 29.1. The minimum Gasteiger partial charge on any atom is -0.462 e. The fourth-order valence-corrected chi connectivity index (χ4v) is 11.0. The second kappa shape index (κ2) is 33.4. The number of ether oxygens (including phenoxy) is 5. The number of hydrogen-bond donors (Lipinski definition) is 15. The van der Waals surface area contributed by atoms with Crippen molar-refractivity contribution in [3.05, 3.63) is 85.1 Å². The van der Waals surface area contributed by atoms with Gasteiger partial charge in [-0.05, 0) is 39.7 Å². The van der Waals surface area contributed by atoms with Crippen molar-refractivity contribution in [1.82, 2.24) is 15.1 Å². The standard InChI is InChI=1S/C59H95N3O21/c1-6-61-23-25-62(26-24-61)56(76)49-45(68)32-58(77)31-41(65)28-44(67)43(66)22-21-39(63)27-40(64)29-48(70)80-37(4)36(3)51(71)35(2)19-17-15-13-11-9-7-8-10-12-14-16-18-20-42(30-47(49)83-58)82-57-54(74)50(52(72)38(5)81-57)60-34-59(78)55(75)53(73)46(69)33-79-59/h7-20,35-47,49-55,57,60,63-69,71-75,77-78H,6,21-34H2,1-5H3/b8-7+,11-9+,12-10+,15-13+,16-14+,19-17+,20-18+/t35-,36-,37-,38+,39+,40+,41-,42-,43+,44+,45-,46+,47?,49?,50-,51+,52+,53-,54-,55-,57-,58+,59+/m0/s1. The van der Waals surface area contributed by atoms with Gasteiger partial charge in [-0.15, -0.1) is 0 Å². The molecule has 2 bridgehead atoms. The highest BCUT2D eigenvalue weighted by Crippen LogP contribution is 2.39. The second-order valence-electron chi connectivity index (χ2n) is 23.0. The van der Waals surface area contributed by atoms with Crippen LogP contribution in [0.4, 0.5) is 0 Å². The Labute approximate surface area is 486 Å². The van der Waals surface area contributed by atoms with Crippen LogP contribution in [0.1, 0.15) is 86.0 Å². The van der Waals surface area contributed by atoms with Gasteiger partial charge in [0.25, 0.3) is 0 Å². The van der Waals surface area contributed by atoms with Crippen molar-refractivity contribution in [2.24, 2.45) is 17.8 Å². The third kappa shape index (κ3) is 21.0. The predicted molar refractivity (Wildman–Crippen MR) is 301 cm³/mol. The van der Waals surface area contributed by atoms with E-state index in [2.05, 4.69) is 10.2 Å². The van der Waals surface area contributed by atoms with Crippen molar-refractivity contribution in [3.8, 4) is 0 Å². The summed E-state index contributed by atoms with van der Waals surface area (Å²) in [6.45, 7) is 10.0. The number of esters is 1. The number of carbonyl (C=O) groups is 2. The Balaban J connectivity index is 1.44. The molecule has 4 fully saturated rings. The van der Waals surface area contributed by atoms with Gasteiger partial charge in [-0.1, -0.05) is 106 Å². The molecule has 15 N–H and O–H groups in total. The van der Waals surface area contributed by atoms with Gasteiger partial charge < -0.3 is 110 Å². The van der Waals surface area contributed by atoms with Crippen LogP contribution in [0.5, 0.6) is 0 Å². The van der Waals surface area contributed by atoms with Gasteiger partial charge in [0.05, 0.1) is 98.7 Å². The number of likely N-dealkylation sites (N-methyl/N-ethyl adjacent to an activating group) is 1. The average Bonchev–Trinajstić information content (AvgIpc) is 3.06. The Morgan fingerprint density at radius 2 is 1.25 bits per heavy atom. The molecule has 24 nitrogen and oxygen atoms in total. The molecule has 0 spiro atoms. The summed E-state index contributed by atoms with van der Waals surface area (Å²) in [5, 5.41) is 158. The highest BCUT2D eigenvalue weighted by Gasteiger charge is 2.53. The maximum Gasteiger partial charge on any atom is 0.308 e. The number of fused-ring (bicyclic) bond motifs is 2. The molecule has 472 valence electrons. The summed E-state index contributed by atoms with van der Waals surface area (Å²) >= 11 is 0. The molecule has 0 aromatic rings. The fourth-order valence-electron chi connectivity index (χ4n) is 11.0. The van der Waals surface area contributed by atoms with Gasteiger partial charge in [-0.25, -0.2) is 0 Å². The number of nitrogens with zero attached hydrogens (tertiary/aromatic N) is 2. The SMILES string of the molecule is CCN1CCN(C(=O)C2C3C[C@@H](O[C@@H]4O[C@H](C)[C@@H](O)[C@H](NC[C@@]5(O)OC[C@@H](O)[C@H](O)[C@@H]5O)[C@@H]4O)/C=C/C=C/C=C/C=C/C=C/C=C/C=C/[C@H](C)[C@@H](O)[C@@H](C)[C@H](C)OC(=O)C[C@H](O)C[C@H](O)CC[C@@H](O)[C@H](O)C[C@H](O)C[C@](O)(C[C@@H]2O)O3)CC1. The molecule has 0 aliphatic carbocycles. The molecule has 0 aromatic heterocycles. The van der Waals surface area contributed by atoms with Crippen molar-refractivity contribution in [2.75, 3.05) is 45.9 Å². The third-order valence-corrected chi connectivity index (χ3v) is 16.4. The molecular formula is C59H95N3O21. The highest BCUT2D eigenvalue weighted by atomic mass is 16.7. The number of carbonyl (C=O) groups excluding carboxylic acids is 2. The number of aliphatic hydroxyl groups excluding tert-OH is 12. The summed E-state index contributed by atoms with van der Waals surface area (Å²) in [5.74, 6) is -8.11. The van der Waals surface area contributed by atoms with Crippen LogP contribution in [-0.2, 0) is 33.3 Å². The van der Waals surface area contributed by atoms with E-state index in [9.17, 15) is 81.1 Å². The number of amides is 1. The molecule has 0 saturated carbocycles. The van der Waals surface area contributed by atoms with E-state index >= 15 is 0 Å². The molecule has 1 amide bonds. The van der Waals surface area contributed by atoms with E-state index in [-0.39, 0.29) is 31.6 Å². The second-order valence-corrected chi connectivity index (χ2v) is 23.0. The van der Waals surface area contributed by atoms with Crippen molar-refractivity contribution in [1.29, 1.82) is 0 Å². The van der Waals surface area contributed by atoms with Gasteiger partial charge in [0.15, 0.2) is 12.1 Å². The van der Waals surface area contributed by atoms with Gasteiger partial charge in [0.2, 0.25) is 11.7 Å². The number of cyclic esters (lactones) is 1. The molecular weight excluding hydrogens is 1090 g/mol. The zero-order valence-corrected chi connectivity index (χ0v) is 48.3. The molecule has 83 heavy (non-hydrogen) atoms. The van der Waals surface area contributed by atoms with Gasteiger partial charge >= 0.3 is 5.97 Å². The number of nitrogens with one attached hydrogen (secondary N) is 1. The lowest BCUT2D eigenvalue weighted by atomic mass is 9.81. The monoisotopic (exact) mass is 1180 g/mol. The lowest BCUT2D eigenvalue weighted by Gasteiger charge is -2.48. The number of allylic oxidation sites excluding steroid dienone is 12. The molecule has 2 unspecified atom stereocenters. The number of aliphatic hydroxyl groups is 14.